The van der Waals surface area contributed by atoms with Crippen LogP contribution in [0, 0.1) is 6.92 Å². The molecule has 0 saturated carbocycles. The summed E-state index contributed by atoms with van der Waals surface area (Å²) in [5.74, 6) is 0.763. The highest BCUT2D eigenvalue weighted by Crippen LogP contribution is 2.26. The SMILES string of the molecule is CC.CCOC(C)=O.Cc1sc(N)nc1CCOc1ccc2c(c1)CCC2. The van der Waals surface area contributed by atoms with Crippen LogP contribution in [0.15, 0.2) is 18.2 Å². The summed E-state index contributed by atoms with van der Waals surface area (Å²) < 4.78 is 10.2. The van der Waals surface area contributed by atoms with Crippen LogP contribution < -0.4 is 10.5 Å². The van der Waals surface area contributed by atoms with E-state index < -0.39 is 0 Å². The second kappa shape index (κ2) is 12.3. The first-order valence-electron chi connectivity index (χ1n) is 9.59. The van der Waals surface area contributed by atoms with Crippen LogP contribution in [-0.4, -0.2) is 24.2 Å². The maximum absolute atomic E-state index is 9.82. The van der Waals surface area contributed by atoms with Crippen LogP contribution in [0.25, 0.3) is 0 Å². The van der Waals surface area contributed by atoms with Crippen LogP contribution >= 0.6 is 11.3 Å². The molecule has 0 amide bonds. The smallest absolute Gasteiger partial charge is 0.302 e. The number of esters is 1. The summed E-state index contributed by atoms with van der Waals surface area (Å²) in [4.78, 5) is 15.3. The highest BCUT2D eigenvalue weighted by Gasteiger charge is 2.11. The standard InChI is InChI=1S/C15H18N2OS.C4H8O2.C2H6/c1-10-14(17-15(16)19-10)7-8-18-13-6-5-11-3-2-4-12(11)9-13;1-3-6-4(2)5;1-2/h5-6,9H,2-4,7-8H2,1H3,(H2,16,17);3H2,1-2H3;1-2H3. The fraction of sp³-hybridized carbons (Fsp3) is 0.524. The molecule has 0 fully saturated rings. The molecule has 0 saturated heterocycles. The molecule has 1 aromatic carbocycles. The number of carbonyl (C=O) groups is 1. The van der Waals surface area contributed by atoms with Crippen molar-refractivity contribution in [3.8, 4) is 5.75 Å². The van der Waals surface area contributed by atoms with Crippen molar-refractivity contribution in [1.29, 1.82) is 0 Å². The molecule has 1 heterocycles. The van der Waals surface area contributed by atoms with Crippen molar-refractivity contribution in [2.75, 3.05) is 18.9 Å². The van der Waals surface area contributed by atoms with Crippen molar-refractivity contribution >= 4 is 22.4 Å². The minimum atomic E-state index is -0.211. The molecule has 2 aromatic rings. The lowest BCUT2D eigenvalue weighted by atomic mass is 10.1. The lowest BCUT2D eigenvalue weighted by Crippen LogP contribution is -2.03. The molecule has 3 rings (SSSR count). The number of ether oxygens (including phenoxy) is 2. The molecule has 0 radical (unpaired) electrons. The van der Waals surface area contributed by atoms with Gasteiger partial charge < -0.3 is 15.2 Å². The Balaban J connectivity index is 0.000000392. The molecule has 6 heteroatoms. The molecule has 0 atom stereocenters. The number of hydrogen-bond donors (Lipinski definition) is 1. The number of rotatable bonds is 5. The van der Waals surface area contributed by atoms with Crippen molar-refractivity contribution < 1.29 is 14.3 Å². The number of aromatic nitrogens is 1. The first-order chi connectivity index (χ1) is 13.0. The summed E-state index contributed by atoms with van der Waals surface area (Å²) in [6, 6.07) is 6.46. The fourth-order valence-electron chi connectivity index (χ4n) is 2.79. The van der Waals surface area contributed by atoms with E-state index in [1.807, 2.05) is 13.8 Å². The molecule has 0 bridgehead atoms. The van der Waals surface area contributed by atoms with Crippen LogP contribution in [0.1, 0.15) is 55.8 Å². The maximum Gasteiger partial charge on any atom is 0.302 e. The Morgan fingerprint density at radius 3 is 2.52 bits per heavy atom. The van der Waals surface area contributed by atoms with Crippen LogP contribution in [0.2, 0.25) is 0 Å². The number of benzene rings is 1. The van der Waals surface area contributed by atoms with Gasteiger partial charge in [0.25, 0.3) is 0 Å². The van der Waals surface area contributed by atoms with Crippen LogP contribution in [0.3, 0.4) is 0 Å². The van der Waals surface area contributed by atoms with Crippen molar-refractivity contribution in [3.05, 3.63) is 39.9 Å². The number of carbonyl (C=O) groups excluding carboxylic acids is 1. The summed E-state index contributed by atoms with van der Waals surface area (Å²) in [5, 5.41) is 0.644. The van der Waals surface area contributed by atoms with Gasteiger partial charge in [0.15, 0.2) is 5.13 Å². The van der Waals surface area contributed by atoms with Crippen LogP contribution in [0.4, 0.5) is 5.13 Å². The third-order valence-corrected chi connectivity index (χ3v) is 4.78. The van der Waals surface area contributed by atoms with Crippen molar-refractivity contribution in [3.63, 3.8) is 0 Å². The summed E-state index contributed by atoms with van der Waals surface area (Å²) in [6.07, 6.45) is 4.49. The molecular weight excluding hydrogens is 360 g/mol. The average molecular weight is 393 g/mol. The van der Waals surface area contributed by atoms with Gasteiger partial charge in [0.2, 0.25) is 0 Å². The Labute approximate surface area is 166 Å². The van der Waals surface area contributed by atoms with Crippen LogP contribution in [0.5, 0.6) is 5.75 Å². The van der Waals surface area contributed by atoms with Crippen molar-refractivity contribution in [2.24, 2.45) is 0 Å². The van der Waals surface area contributed by atoms with Gasteiger partial charge in [-0.1, -0.05) is 19.9 Å². The average Bonchev–Trinajstić information content (AvgIpc) is 3.22. The summed E-state index contributed by atoms with van der Waals surface area (Å²) in [7, 11) is 0. The van der Waals surface area contributed by atoms with Gasteiger partial charge in [-0.15, -0.1) is 11.3 Å². The van der Waals surface area contributed by atoms with E-state index in [0.717, 1.165) is 17.9 Å². The zero-order valence-corrected chi connectivity index (χ0v) is 17.9. The quantitative estimate of drug-likeness (QED) is 0.744. The minimum Gasteiger partial charge on any atom is -0.493 e. The molecule has 0 unspecified atom stereocenters. The van der Waals surface area contributed by atoms with Gasteiger partial charge in [0.1, 0.15) is 5.75 Å². The van der Waals surface area contributed by atoms with Crippen molar-refractivity contribution in [2.45, 2.75) is 60.3 Å². The van der Waals surface area contributed by atoms with Gasteiger partial charge in [-0.05, 0) is 56.4 Å². The number of fused-ring (bicyclic) bond motifs is 1. The summed E-state index contributed by atoms with van der Waals surface area (Å²) in [5.41, 5.74) is 9.68. The van der Waals surface area contributed by atoms with E-state index in [9.17, 15) is 4.79 Å². The van der Waals surface area contributed by atoms with E-state index >= 15 is 0 Å². The predicted octanol–water partition coefficient (Wildman–Crippen LogP) is 4.74. The third kappa shape index (κ3) is 7.99. The minimum absolute atomic E-state index is 0.211. The molecular formula is C21H32N2O3S. The maximum atomic E-state index is 9.82. The largest absolute Gasteiger partial charge is 0.493 e. The van der Waals surface area contributed by atoms with E-state index in [0.29, 0.717) is 18.3 Å². The Bertz CT molecular complexity index is 713. The number of hydrogen-bond acceptors (Lipinski definition) is 6. The number of nitrogens with zero attached hydrogens (tertiary/aromatic N) is 1. The highest BCUT2D eigenvalue weighted by atomic mass is 32.1. The normalized spacial score (nSPS) is 11.4. The zero-order chi connectivity index (χ0) is 20.2. The molecule has 1 aromatic heterocycles. The van der Waals surface area contributed by atoms with Crippen LogP contribution in [-0.2, 0) is 28.8 Å². The highest BCUT2D eigenvalue weighted by molar-refractivity contribution is 7.15. The van der Waals surface area contributed by atoms with Gasteiger partial charge in [-0.2, -0.15) is 0 Å². The van der Waals surface area contributed by atoms with Gasteiger partial charge in [-0.3, -0.25) is 4.79 Å². The number of nitrogen functional groups attached to an aromatic ring is 1. The second-order valence-corrected chi connectivity index (χ2v) is 7.10. The Morgan fingerprint density at radius 2 is 1.96 bits per heavy atom. The molecule has 150 valence electrons. The van der Waals surface area contributed by atoms with E-state index in [4.69, 9.17) is 10.5 Å². The first-order valence-corrected chi connectivity index (χ1v) is 10.4. The van der Waals surface area contributed by atoms with Gasteiger partial charge in [0, 0.05) is 18.2 Å². The van der Waals surface area contributed by atoms with E-state index in [-0.39, 0.29) is 5.97 Å². The summed E-state index contributed by atoms with van der Waals surface area (Å²) in [6.45, 7) is 10.4. The fourth-order valence-corrected chi connectivity index (χ4v) is 3.52. The molecule has 1 aliphatic carbocycles. The summed E-state index contributed by atoms with van der Waals surface area (Å²) >= 11 is 1.54. The van der Waals surface area contributed by atoms with Gasteiger partial charge >= 0.3 is 5.97 Å². The van der Waals surface area contributed by atoms with E-state index in [2.05, 4.69) is 34.8 Å². The lowest BCUT2D eigenvalue weighted by Gasteiger charge is -2.07. The predicted molar refractivity (Wildman–Crippen MR) is 113 cm³/mol. The number of aryl methyl sites for hydroxylation is 3. The third-order valence-electron chi connectivity index (χ3n) is 3.93. The van der Waals surface area contributed by atoms with Gasteiger partial charge in [-0.25, -0.2) is 4.98 Å². The molecule has 0 spiro atoms. The number of nitrogens with two attached hydrogens (primary N) is 1. The van der Waals surface area contributed by atoms with E-state index in [1.165, 1.54) is 42.2 Å². The Hall–Kier alpha value is -2.08. The van der Waals surface area contributed by atoms with E-state index in [1.54, 1.807) is 18.3 Å². The topological polar surface area (TPSA) is 74.4 Å². The lowest BCUT2D eigenvalue weighted by molar-refractivity contribution is -0.140. The number of thiazole rings is 1. The molecule has 1 aliphatic rings. The second-order valence-electron chi connectivity index (χ2n) is 5.86. The first kappa shape index (κ1) is 23.0. The molecule has 27 heavy (non-hydrogen) atoms. The zero-order valence-electron chi connectivity index (χ0n) is 17.1. The Kier molecular flexibility index (Phi) is 10.5. The monoisotopic (exact) mass is 392 g/mol. The molecule has 5 nitrogen and oxygen atoms in total. The van der Waals surface area contributed by atoms with Crippen molar-refractivity contribution in [1.82, 2.24) is 4.98 Å². The Morgan fingerprint density at radius 1 is 1.26 bits per heavy atom. The number of anilines is 1. The molecule has 2 N–H and O–H groups in total. The van der Waals surface area contributed by atoms with Gasteiger partial charge in [0.05, 0.1) is 18.9 Å². The molecule has 0 aliphatic heterocycles.